The Labute approximate surface area is 195 Å². The van der Waals surface area contributed by atoms with Crippen molar-refractivity contribution >= 4 is 34.3 Å². The van der Waals surface area contributed by atoms with Crippen LogP contribution in [0, 0.1) is 5.82 Å². The predicted octanol–water partition coefficient (Wildman–Crippen LogP) is 4.29. The van der Waals surface area contributed by atoms with Crippen molar-refractivity contribution in [3.8, 4) is 11.6 Å². The molecule has 1 aliphatic rings. The Morgan fingerprint density at radius 2 is 1.82 bits per heavy atom. The number of fused-ring (bicyclic) bond motifs is 1. The van der Waals surface area contributed by atoms with E-state index in [0.29, 0.717) is 37.3 Å². The lowest BCUT2D eigenvalue weighted by Gasteiger charge is -2.36. The molecule has 0 radical (unpaired) electrons. The lowest BCUT2D eigenvalue weighted by atomic mass is 10.2. The smallest absolute Gasteiger partial charge is 0.277 e. The summed E-state index contributed by atoms with van der Waals surface area (Å²) in [5.41, 5.74) is 2.97. The van der Waals surface area contributed by atoms with Gasteiger partial charge >= 0.3 is 0 Å². The number of piperazine rings is 1. The van der Waals surface area contributed by atoms with E-state index in [1.165, 1.54) is 23.9 Å². The van der Waals surface area contributed by atoms with Crippen LogP contribution in [0.4, 0.5) is 10.1 Å². The van der Waals surface area contributed by atoms with Crippen LogP contribution < -0.4 is 4.90 Å². The van der Waals surface area contributed by atoms with Crippen molar-refractivity contribution in [2.75, 3.05) is 36.8 Å². The Balaban J connectivity index is 1.18. The number of anilines is 1. The van der Waals surface area contributed by atoms with E-state index in [1.54, 1.807) is 12.1 Å². The van der Waals surface area contributed by atoms with E-state index >= 15 is 0 Å². The third-order valence-corrected chi connectivity index (χ3v) is 6.70. The number of thioether (sulfide) groups is 1. The summed E-state index contributed by atoms with van der Waals surface area (Å²) in [4.78, 5) is 16.7. The van der Waals surface area contributed by atoms with E-state index in [2.05, 4.69) is 38.7 Å². The summed E-state index contributed by atoms with van der Waals surface area (Å²) in [5.74, 6) is 0.497. The molecule has 1 saturated heterocycles. The molecule has 0 spiro atoms. The molecule has 0 aliphatic carbocycles. The van der Waals surface area contributed by atoms with Crippen LogP contribution in [-0.4, -0.2) is 57.5 Å². The number of nitrogens with zero attached hydrogens (tertiary/aromatic N) is 5. The number of aryl methyl sites for hydroxylation is 1. The van der Waals surface area contributed by atoms with E-state index in [-0.39, 0.29) is 17.5 Å². The zero-order chi connectivity index (χ0) is 22.8. The quantitative estimate of drug-likeness (QED) is 0.396. The van der Waals surface area contributed by atoms with Crippen LogP contribution in [0.5, 0.6) is 0 Å². The Morgan fingerprint density at radius 1 is 1.06 bits per heavy atom. The topological polar surface area (TPSA) is 67.4 Å². The highest BCUT2D eigenvalue weighted by molar-refractivity contribution is 7.99. The molecule has 170 valence electrons. The van der Waals surface area contributed by atoms with Gasteiger partial charge in [0, 0.05) is 49.3 Å². The molecule has 1 amide bonds. The Morgan fingerprint density at radius 3 is 2.58 bits per heavy atom. The first-order valence-corrected chi connectivity index (χ1v) is 11.9. The van der Waals surface area contributed by atoms with E-state index in [1.807, 2.05) is 23.1 Å². The average Bonchev–Trinajstić information content (AvgIpc) is 3.47. The Kier molecular flexibility index (Phi) is 6.04. The summed E-state index contributed by atoms with van der Waals surface area (Å²) in [6.07, 6.45) is 0. The molecule has 9 heteroatoms. The fraction of sp³-hybridized carbons (Fsp3) is 0.292. The number of carbonyl (C=O) groups is 1. The molecule has 1 aliphatic heterocycles. The van der Waals surface area contributed by atoms with Gasteiger partial charge in [-0.25, -0.2) is 4.39 Å². The standard InChI is InChI=1S/C24H24FN5O2S/c1-2-30-20-6-4-3-5-17(20)15-21(30)23-26-27-24(32-23)33-16-22(31)29-13-11-28(12-14-29)19-9-7-18(25)8-10-19/h3-10,15H,2,11-14,16H2,1H3. The van der Waals surface area contributed by atoms with Gasteiger partial charge < -0.3 is 18.8 Å². The van der Waals surface area contributed by atoms with Crippen LogP contribution in [-0.2, 0) is 11.3 Å². The first kappa shape index (κ1) is 21.5. The minimum atomic E-state index is -0.245. The van der Waals surface area contributed by atoms with Crippen molar-refractivity contribution in [1.82, 2.24) is 19.7 Å². The lowest BCUT2D eigenvalue weighted by Crippen LogP contribution is -2.49. The second kappa shape index (κ2) is 9.27. The molecule has 5 rings (SSSR count). The van der Waals surface area contributed by atoms with Crippen molar-refractivity contribution in [1.29, 1.82) is 0 Å². The number of halogens is 1. The highest BCUT2D eigenvalue weighted by Crippen LogP contribution is 2.29. The molecule has 2 aromatic carbocycles. The van der Waals surface area contributed by atoms with Crippen LogP contribution >= 0.6 is 11.8 Å². The number of amides is 1. The van der Waals surface area contributed by atoms with Crippen LogP contribution in [0.2, 0.25) is 0 Å². The molecule has 7 nitrogen and oxygen atoms in total. The van der Waals surface area contributed by atoms with Crippen molar-refractivity contribution in [3.05, 3.63) is 60.4 Å². The van der Waals surface area contributed by atoms with Gasteiger partial charge in [0.2, 0.25) is 5.91 Å². The summed E-state index contributed by atoms with van der Waals surface area (Å²) in [6, 6.07) is 16.7. The summed E-state index contributed by atoms with van der Waals surface area (Å²) < 4.78 is 21.2. The van der Waals surface area contributed by atoms with Crippen molar-refractivity contribution in [2.24, 2.45) is 0 Å². The van der Waals surface area contributed by atoms with Crippen molar-refractivity contribution in [3.63, 3.8) is 0 Å². The molecular formula is C24H24FN5O2S. The number of hydrogen-bond donors (Lipinski definition) is 0. The van der Waals surface area contributed by atoms with Crippen LogP contribution in [0.25, 0.3) is 22.5 Å². The first-order valence-electron chi connectivity index (χ1n) is 11.0. The molecule has 1 fully saturated rings. The summed E-state index contributed by atoms with van der Waals surface area (Å²) >= 11 is 1.26. The average molecular weight is 466 g/mol. The number of carbonyl (C=O) groups excluding carboxylic acids is 1. The highest BCUT2D eigenvalue weighted by atomic mass is 32.2. The van der Waals surface area contributed by atoms with Gasteiger partial charge in [-0.15, -0.1) is 10.2 Å². The minimum absolute atomic E-state index is 0.0428. The molecule has 0 unspecified atom stereocenters. The maximum absolute atomic E-state index is 13.1. The summed E-state index contributed by atoms with van der Waals surface area (Å²) in [7, 11) is 0. The fourth-order valence-corrected chi connectivity index (χ4v) is 4.85. The van der Waals surface area contributed by atoms with E-state index in [0.717, 1.165) is 28.8 Å². The monoisotopic (exact) mass is 465 g/mol. The van der Waals surface area contributed by atoms with Crippen LogP contribution in [0.3, 0.4) is 0 Å². The number of aromatic nitrogens is 3. The van der Waals surface area contributed by atoms with Crippen LogP contribution in [0.15, 0.2) is 64.2 Å². The maximum atomic E-state index is 13.1. The summed E-state index contributed by atoms with van der Waals surface area (Å²) in [5, 5.41) is 9.86. The zero-order valence-corrected chi connectivity index (χ0v) is 19.1. The number of hydrogen-bond acceptors (Lipinski definition) is 6. The van der Waals surface area contributed by atoms with Gasteiger partial charge in [0.1, 0.15) is 11.5 Å². The number of rotatable bonds is 6. The van der Waals surface area contributed by atoms with Gasteiger partial charge in [-0.2, -0.15) is 0 Å². The number of benzene rings is 2. The Hall–Kier alpha value is -3.33. The molecule has 0 atom stereocenters. The van der Waals surface area contributed by atoms with Crippen LogP contribution in [0.1, 0.15) is 6.92 Å². The second-order valence-corrected chi connectivity index (χ2v) is 8.77. The normalized spacial score (nSPS) is 14.2. The summed E-state index contributed by atoms with van der Waals surface area (Å²) in [6.45, 7) is 5.56. The lowest BCUT2D eigenvalue weighted by molar-refractivity contribution is -0.128. The van der Waals surface area contributed by atoms with Gasteiger partial charge in [-0.05, 0) is 43.3 Å². The highest BCUT2D eigenvalue weighted by Gasteiger charge is 2.22. The molecule has 2 aromatic heterocycles. The predicted molar refractivity (Wildman–Crippen MR) is 127 cm³/mol. The van der Waals surface area contributed by atoms with Crippen molar-refractivity contribution in [2.45, 2.75) is 18.7 Å². The van der Waals surface area contributed by atoms with E-state index < -0.39 is 0 Å². The van der Waals surface area contributed by atoms with Gasteiger partial charge in [-0.3, -0.25) is 4.79 Å². The third-order valence-electron chi connectivity index (χ3n) is 5.90. The van der Waals surface area contributed by atoms with Gasteiger partial charge in [0.25, 0.3) is 11.1 Å². The molecular weight excluding hydrogens is 441 g/mol. The maximum Gasteiger partial charge on any atom is 0.277 e. The second-order valence-electron chi connectivity index (χ2n) is 7.84. The van der Waals surface area contributed by atoms with Gasteiger partial charge in [0.15, 0.2) is 0 Å². The number of para-hydroxylation sites is 1. The van der Waals surface area contributed by atoms with Crippen molar-refractivity contribution < 1.29 is 13.6 Å². The van der Waals surface area contributed by atoms with E-state index in [4.69, 9.17) is 4.42 Å². The third kappa shape index (κ3) is 4.45. The molecule has 0 saturated carbocycles. The molecule has 0 N–H and O–H groups in total. The Bertz CT molecular complexity index is 1260. The molecule has 3 heterocycles. The van der Waals surface area contributed by atoms with Gasteiger partial charge in [-0.1, -0.05) is 30.0 Å². The first-order chi connectivity index (χ1) is 16.1. The minimum Gasteiger partial charge on any atom is -0.410 e. The fourth-order valence-electron chi connectivity index (χ4n) is 4.18. The largest absolute Gasteiger partial charge is 0.410 e. The molecule has 4 aromatic rings. The molecule has 0 bridgehead atoms. The SMILES string of the molecule is CCn1c(-c2nnc(SCC(=O)N3CCN(c4ccc(F)cc4)CC3)o2)cc2ccccc21. The van der Waals surface area contributed by atoms with Gasteiger partial charge in [0.05, 0.1) is 5.75 Å². The molecule has 33 heavy (non-hydrogen) atoms. The zero-order valence-electron chi connectivity index (χ0n) is 18.3. The van der Waals surface area contributed by atoms with E-state index in [9.17, 15) is 9.18 Å².